The number of methoxy groups -OCH3 is 1. The van der Waals surface area contributed by atoms with Gasteiger partial charge in [-0.2, -0.15) is 0 Å². The molecule has 148 valence electrons. The Morgan fingerprint density at radius 2 is 1.88 bits per heavy atom. The number of hydrogen-bond donors (Lipinski definition) is 2. The van der Waals surface area contributed by atoms with Crippen molar-refractivity contribution in [2.75, 3.05) is 47.1 Å². The number of halogens is 1. The van der Waals surface area contributed by atoms with Gasteiger partial charge in [-0.15, -0.1) is 24.0 Å². The maximum Gasteiger partial charge on any atom is 0.191 e. The van der Waals surface area contributed by atoms with Crippen LogP contribution in [0, 0.1) is 5.92 Å². The minimum atomic E-state index is 0. The molecule has 0 radical (unpaired) electrons. The molecule has 1 aromatic rings. The smallest absolute Gasteiger partial charge is 0.191 e. The highest BCUT2D eigenvalue weighted by atomic mass is 127. The van der Waals surface area contributed by atoms with Crippen LogP contribution in [0.15, 0.2) is 29.3 Å². The highest BCUT2D eigenvalue weighted by Gasteiger charge is 2.20. The standard InChI is InChI=1S/C19H31N3O3.HI/c1-20-19(21-10-3-11-24-15-17-4-5-17)22-14-16-6-8-18(9-7-16)25-13-12-23-2;/h6-9,17H,3-5,10-15H2,1-2H3,(H2,20,21,22);1H. The van der Waals surface area contributed by atoms with E-state index < -0.39 is 0 Å². The maximum atomic E-state index is 5.63. The summed E-state index contributed by atoms with van der Waals surface area (Å²) in [6.07, 6.45) is 3.67. The summed E-state index contributed by atoms with van der Waals surface area (Å²) in [6.45, 7) is 4.47. The van der Waals surface area contributed by atoms with Gasteiger partial charge in [0.15, 0.2) is 5.96 Å². The Morgan fingerprint density at radius 3 is 2.54 bits per heavy atom. The number of nitrogens with one attached hydrogen (secondary N) is 2. The summed E-state index contributed by atoms with van der Waals surface area (Å²) in [5.74, 6) is 2.50. The Kier molecular flexibility index (Phi) is 12.4. The summed E-state index contributed by atoms with van der Waals surface area (Å²) in [6, 6.07) is 8.04. The Morgan fingerprint density at radius 1 is 1.12 bits per heavy atom. The molecule has 0 amide bonds. The summed E-state index contributed by atoms with van der Waals surface area (Å²) in [7, 11) is 3.45. The molecule has 0 saturated heterocycles. The third-order valence-corrected chi connectivity index (χ3v) is 3.97. The van der Waals surface area contributed by atoms with Crippen molar-refractivity contribution in [2.24, 2.45) is 10.9 Å². The van der Waals surface area contributed by atoms with E-state index >= 15 is 0 Å². The summed E-state index contributed by atoms with van der Waals surface area (Å²) in [5, 5.41) is 6.62. The lowest BCUT2D eigenvalue weighted by atomic mass is 10.2. The van der Waals surface area contributed by atoms with E-state index in [-0.39, 0.29) is 24.0 Å². The van der Waals surface area contributed by atoms with Crippen LogP contribution in [0.25, 0.3) is 0 Å². The molecule has 0 aromatic heterocycles. The van der Waals surface area contributed by atoms with Crippen LogP contribution in [0.3, 0.4) is 0 Å². The van der Waals surface area contributed by atoms with Crippen LogP contribution in [-0.4, -0.2) is 53.1 Å². The van der Waals surface area contributed by atoms with E-state index in [9.17, 15) is 0 Å². The topological polar surface area (TPSA) is 64.1 Å². The van der Waals surface area contributed by atoms with E-state index in [0.29, 0.717) is 13.2 Å². The molecule has 1 aliphatic carbocycles. The number of benzene rings is 1. The molecule has 0 spiro atoms. The fraction of sp³-hybridized carbons (Fsp3) is 0.632. The third-order valence-electron chi connectivity index (χ3n) is 3.97. The van der Waals surface area contributed by atoms with E-state index in [1.54, 1.807) is 14.2 Å². The van der Waals surface area contributed by atoms with Crippen molar-refractivity contribution in [2.45, 2.75) is 25.8 Å². The molecule has 0 unspecified atom stereocenters. The molecule has 0 heterocycles. The van der Waals surface area contributed by atoms with Crippen LogP contribution in [0.1, 0.15) is 24.8 Å². The van der Waals surface area contributed by atoms with E-state index in [1.807, 2.05) is 24.3 Å². The maximum absolute atomic E-state index is 5.63. The van der Waals surface area contributed by atoms with Crippen LogP contribution in [-0.2, 0) is 16.0 Å². The summed E-state index contributed by atoms with van der Waals surface area (Å²) in [5.41, 5.74) is 1.18. The highest BCUT2D eigenvalue weighted by Crippen LogP contribution is 2.28. The van der Waals surface area contributed by atoms with Crippen molar-refractivity contribution < 1.29 is 14.2 Å². The molecule has 26 heavy (non-hydrogen) atoms. The average Bonchev–Trinajstić information content (AvgIpc) is 3.46. The van der Waals surface area contributed by atoms with E-state index in [1.165, 1.54) is 18.4 Å². The first-order chi connectivity index (χ1) is 12.3. The van der Waals surface area contributed by atoms with Gasteiger partial charge in [0.2, 0.25) is 0 Å². The lowest BCUT2D eigenvalue weighted by molar-refractivity contribution is 0.123. The van der Waals surface area contributed by atoms with Crippen LogP contribution in [0.4, 0.5) is 0 Å². The van der Waals surface area contributed by atoms with Gasteiger partial charge in [0.25, 0.3) is 0 Å². The Bertz CT molecular complexity index is 507. The predicted octanol–water partition coefficient (Wildman–Crippen LogP) is 2.81. The highest BCUT2D eigenvalue weighted by molar-refractivity contribution is 14.0. The van der Waals surface area contributed by atoms with Crippen molar-refractivity contribution >= 4 is 29.9 Å². The second kappa shape index (κ2) is 14.1. The molecule has 6 nitrogen and oxygen atoms in total. The van der Waals surface area contributed by atoms with Gasteiger partial charge in [-0.25, -0.2) is 0 Å². The lowest BCUT2D eigenvalue weighted by Gasteiger charge is -2.12. The van der Waals surface area contributed by atoms with Crippen LogP contribution < -0.4 is 15.4 Å². The second-order valence-corrected chi connectivity index (χ2v) is 6.21. The molecule has 0 aliphatic heterocycles. The quantitative estimate of drug-likeness (QED) is 0.210. The van der Waals surface area contributed by atoms with Gasteiger partial charge in [-0.1, -0.05) is 12.1 Å². The number of nitrogens with zero attached hydrogens (tertiary/aromatic N) is 1. The number of ether oxygens (including phenoxy) is 3. The summed E-state index contributed by atoms with van der Waals surface area (Å²) in [4.78, 5) is 4.24. The van der Waals surface area contributed by atoms with Gasteiger partial charge in [0.05, 0.1) is 6.61 Å². The molecule has 2 rings (SSSR count). The van der Waals surface area contributed by atoms with Crippen LogP contribution in [0.5, 0.6) is 5.75 Å². The van der Waals surface area contributed by atoms with Crippen LogP contribution >= 0.6 is 24.0 Å². The zero-order chi connectivity index (χ0) is 17.7. The molecule has 1 fully saturated rings. The average molecular weight is 477 g/mol. The Hall–Kier alpha value is -1.06. The van der Waals surface area contributed by atoms with Crippen molar-refractivity contribution in [1.29, 1.82) is 0 Å². The number of hydrogen-bond acceptors (Lipinski definition) is 4. The summed E-state index contributed by atoms with van der Waals surface area (Å²) < 4.78 is 16.2. The Balaban J connectivity index is 0.00000338. The molecule has 2 N–H and O–H groups in total. The van der Waals surface area contributed by atoms with Crippen molar-refractivity contribution in [3.8, 4) is 5.75 Å². The zero-order valence-electron chi connectivity index (χ0n) is 15.8. The first kappa shape index (κ1) is 23.0. The lowest BCUT2D eigenvalue weighted by Crippen LogP contribution is -2.37. The molecule has 1 aliphatic rings. The minimum Gasteiger partial charge on any atom is -0.491 e. The molecule has 0 bridgehead atoms. The van der Waals surface area contributed by atoms with Gasteiger partial charge in [-0.05, 0) is 42.9 Å². The fourth-order valence-electron chi connectivity index (χ4n) is 2.27. The molecule has 1 saturated carbocycles. The normalized spacial score (nSPS) is 13.8. The Labute approximate surface area is 174 Å². The second-order valence-electron chi connectivity index (χ2n) is 6.21. The monoisotopic (exact) mass is 477 g/mol. The SMILES string of the molecule is CN=C(NCCCOCC1CC1)NCc1ccc(OCCOC)cc1.I. The summed E-state index contributed by atoms with van der Waals surface area (Å²) >= 11 is 0. The predicted molar refractivity (Wildman–Crippen MR) is 116 cm³/mol. The first-order valence-corrected chi connectivity index (χ1v) is 9.04. The number of guanidine groups is 1. The van der Waals surface area contributed by atoms with Crippen molar-refractivity contribution in [3.63, 3.8) is 0 Å². The fourth-order valence-corrected chi connectivity index (χ4v) is 2.27. The number of rotatable bonds is 12. The molecule has 1 aromatic carbocycles. The van der Waals surface area contributed by atoms with E-state index in [2.05, 4.69) is 15.6 Å². The van der Waals surface area contributed by atoms with Crippen molar-refractivity contribution in [3.05, 3.63) is 29.8 Å². The first-order valence-electron chi connectivity index (χ1n) is 9.04. The van der Waals surface area contributed by atoms with Gasteiger partial charge in [0, 0.05) is 40.5 Å². The molecule has 0 atom stereocenters. The van der Waals surface area contributed by atoms with Gasteiger partial charge >= 0.3 is 0 Å². The minimum absolute atomic E-state index is 0. The van der Waals surface area contributed by atoms with Crippen LogP contribution in [0.2, 0.25) is 0 Å². The van der Waals surface area contributed by atoms with Gasteiger partial charge in [-0.3, -0.25) is 4.99 Å². The van der Waals surface area contributed by atoms with Crippen molar-refractivity contribution in [1.82, 2.24) is 10.6 Å². The van der Waals surface area contributed by atoms with Gasteiger partial charge < -0.3 is 24.8 Å². The number of aliphatic imine (C=N–C) groups is 1. The third kappa shape index (κ3) is 10.2. The zero-order valence-corrected chi connectivity index (χ0v) is 18.2. The molecular formula is C19H32IN3O3. The largest absolute Gasteiger partial charge is 0.491 e. The van der Waals surface area contributed by atoms with E-state index in [0.717, 1.165) is 50.4 Å². The van der Waals surface area contributed by atoms with Gasteiger partial charge in [0.1, 0.15) is 12.4 Å². The van der Waals surface area contributed by atoms with E-state index in [4.69, 9.17) is 14.2 Å². The molecular weight excluding hydrogens is 445 g/mol. The molecule has 7 heteroatoms.